The Balaban J connectivity index is 2.83. The molecule has 1 atom stereocenters. The van der Waals surface area contributed by atoms with E-state index in [9.17, 15) is 14.4 Å². The fourth-order valence-electron chi connectivity index (χ4n) is 1.45. The van der Waals surface area contributed by atoms with E-state index in [1.54, 1.807) is 13.0 Å². The van der Waals surface area contributed by atoms with Crippen LogP contribution < -0.4 is 11.1 Å². The van der Waals surface area contributed by atoms with E-state index in [-0.39, 0.29) is 11.3 Å². The summed E-state index contributed by atoms with van der Waals surface area (Å²) in [6.07, 6.45) is -0.497. The lowest BCUT2D eigenvalue weighted by Gasteiger charge is -2.11. The number of nitrogens with two attached hydrogens (primary N) is 1. The van der Waals surface area contributed by atoms with Gasteiger partial charge in [0.2, 0.25) is 5.91 Å². The molecule has 0 bridgehead atoms. The van der Waals surface area contributed by atoms with E-state index in [2.05, 4.69) is 5.32 Å². The molecule has 0 radical (unpaired) electrons. The molecule has 0 saturated carbocycles. The quantitative estimate of drug-likeness (QED) is 0.611. The van der Waals surface area contributed by atoms with Crippen LogP contribution in [0.1, 0.15) is 22.3 Å². The minimum absolute atomic E-state index is 0.0598. The summed E-state index contributed by atoms with van der Waals surface area (Å²) in [7, 11) is 0. The first-order chi connectivity index (χ1) is 8.81. The molecule has 1 rings (SSSR count). The van der Waals surface area contributed by atoms with Crippen LogP contribution in [0, 0.1) is 6.92 Å². The van der Waals surface area contributed by atoms with Gasteiger partial charge in [-0.3, -0.25) is 9.59 Å². The molecule has 102 valence electrons. The second-order valence-corrected chi connectivity index (χ2v) is 4.03. The fraction of sp³-hybridized carbons (Fsp3) is 0.250. The summed E-state index contributed by atoms with van der Waals surface area (Å²) in [5, 5.41) is 19.8. The van der Waals surface area contributed by atoms with Crippen LogP contribution in [-0.2, 0) is 9.59 Å². The van der Waals surface area contributed by atoms with E-state index in [1.165, 1.54) is 12.1 Å². The van der Waals surface area contributed by atoms with Crippen molar-refractivity contribution in [1.29, 1.82) is 0 Å². The second-order valence-electron chi connectivity index (χ2n) is 4.03. The Hall–Kier alpha value is -2.41. The lowest BCUT2D eigenvalue weighted by Crippen LogP contribution is -2.37. The molecule has 0 fully saturated rings. The average Bonchev–Trinajstić information content (AvgIpc) is 2.30. The predicted octanol–water partition coefficient (Wildman–Crippen LogP) is 0.434. The monoisotopic (exact) mass is 266 g/mol. The number of rotatable bonds is 5. The minimum atomic E-state index is -1.19. The highest BCUT2D eigenvalue weighted by atomic mass is 16.4. The Bertz CT molecular complexity index is 527. The summed E-state index contributed by atoms with van der Waals surface area (Å²) in [5.74, 6) is -2.97. The predicted molar refractivity (Wildman–Crippen MR) is 67.0 cm³/mol. The van der Waals surface area contributed by atoms with Crippen LogP contribution in [0.5, 0.6) is 0 Å². The highest BCUT2D eigenvalue weighted by molar-refractivity contribution is 5.98. The number of carboxylic acid groups (broad SMARTS) is 2. The molecule has 0 saturated heterocycles. The maximum Gasteiger partial charge on any atom is 0.336 e. The zero-order valence-corrected chi connectivity index (χ0v) is 10.2. The van der Waals surface area contributed by atoms with Crippen LogP contribution in [0.3, 0.4) is 0 Å². The van der Waals surface area contributed by atoms with Gasteiger partial charge in [0.05, 0.1) is 18.0 Å². The van der Waals surface area contributed by atoms with Crippen molar-refractivity contribution in [3.8, 4) is 0 Å². The first-order valence-corrected chi connectivity index (χ1v) is 5.43. The highest BCUT2D eigenvalue weighted by Gasteiger charge is 2.17. The molecule has 19 heavy (non-hydrogen) atoms. The number of anilines is 1. The van der Waals surface area contributed by atoms with Crippen molar-refractivity contribution < 1.29 is 24.6 Å². The number of amides is 1. The SMILES string of the molecule is Cc1ccc(NC(=O)C(N)CC(=O)O)cc1C(=O)O. The molecule has 0 aliphatic rings. The largest absolute Gasteiger partial charge is 0.481 e. The van der Waals surface area contributed by atoms with Crippen LogP contribution in [0.4, 0.5) is 5.69 Å². The number of carbonyl (C=O) groups excluding carboxylic acids is 1. The first-order valence-electron chi connectivity index (χ1n) is 5.43. The van der Waals surface area contributed by atoms with Crippen LogP contribution >= 0.6 is 0 Å². The maximum absolute atomic E-state index is 11.6. The van der Waals surface area contributed by atoms with Gasteiger partial charge in [-0.05, 0) is 24.6 Å². The molecule has 0 aliphatic heterocycles. The standard InChI is InChI=1S/C12H14N2O5/c1-6-2-3-7(4-8(6)12(18)19)14-11(17)9(13)5-10(15)16/h2-4,9H,5,13H2,1H3,(H,14,17)(H,15,16)(H,18,19). The third-order valence-corrected chi connectivity index (χ3v) is 2.47. The van der Waals surface area contributed by atoms with Crippen molar-refractivity contribution in [3.05, 3.63) is 29.3 Å². The van der Waals surface area contributed by atoms with Crippen LogP contribution in [-0.4, -0.2) is 34.1 Å². The van der Waals surface area contributed by atoms with Crippen molar-refractivity contribution in [3.63, 3.8) is 0 Å². The summed E-state index contributed by atoms with van der Waals surface area (Å²) >= 11 is 0. The lowest BCUT2D eigenvalue weighted by atomic mass is 10.1. The fourth-order valence-corrected chi connectivity index (χ4v) is 1.45. The van der Waals surface area contributed by atoms with Gasteiger partial charge < -0.3 is 21.3 Å². The molecular weight excluding hydrogens is 252 g/mol. The molecule has 0 aliphatic carbocycles. The van der Waals surface area contributed by atoms with Crippen LogP contribution in [0.15, 0.2) is 18.2 Å². The summed E-state index contributed by atoms with van der Waals surface area (Å²) in [6.45, 7) is 1.63. The number of carbonyl (C=O) groups is 3. The molecule has 0 aromatic heterocycles. The van der Waals surface area contributed by atoms with Crippen molar-refractivity contribution in [2.24, 2.45) is 5.73 Å². The molecule has 7 nitrogen and oxygen atoms in total. The summed E-state index contributed by atoms with van der Waals surface area (Å²) in [6, 6.07) is 3.17. The third-order valence-electron chi connectivity index (χ3n) is 2.47. The summed E-state index contributed by atoms with van der Waals surface area (Å²) in [4.78, 5) is 32.9. The Morgan fingerprint density at radius 1 is 1.32 bits per heavy atom. The molecule has 1 aromatic rings. The Kier molecular flexibility index (Phi) is 4.60. The Morgan fingerprint density at radius 2 is 1.95 bits per heavy atom. The van der Waals surface area contributed by atoms with Gasteiger partial charge in [-0.2, -0.15) is 0 Å². The smallest absolute Gasteiger partial charge is 0.336 e. The van der Waals surface area contributed by atoms with Gasteiger partial charge in [0.1, 0.15) is 0 Å². The van der Waals surface area contributed by atoms with E-state index in [1.807, 2.05) is 0 Å². The van der Waals surface area contributed by atoms with Gasteiger partial charge in [0.15, 0.2) is 0 Å². The number of benzene rings is 1. The molecule has 1 aromatic carbocycles. The van der Waals surface area contributed by atoms with E-state index in [0.717, 1.165) is 0 Å². The summed E-state index contributed by atoms with van der Waals surface area (Å²) in [5.41, 5.74) is 6.26. The zero-order valence-electron chi connectivity index (χ0n) is 10.2. The van der Waals surface area contributed by atoms with Gasteiger partial charge in [-0.1, -0.05) is 6.07 Å². The van der Waals surface area contributed by atoms with E-state index >= 15 is 0 Å². The normalized spacial score (nSPS) is 11.7. The Labute approximate surface area is 109 Å². The Morgan fingerprint density at radius 3 is 2.47 bits per heavy atom. The summed E-state index contributed by atoms with van der Waals surface area (Å²) < 4.78 is 0. The molecule has 0 heterocycles. The van der Waals surface area contributed by atoms with Gasteiger partial charge in [-0.25, -0.2) is 4.79 Å². The van der Waals surface area contributed by atoms with Crippen LogP contribution in [0.25, 0.3) is 0 Å². The highest BCUT2D eigenvalue weighted by Crippen LogP contribution is 2.15. The number of hydrogen-bond donors (Lipinski definition) is 4. The molecule has 1 amide bonds. The number of carboxylic acids is 2. The maximum atomic E-state index is 11.6. The second kappa shape index (κ2) is 5.96. The van der Waals surface area contributed by atoms with Crippen molar-refractivity contribution in [2.75, 3.05) is 5.32 Å². The van der Waals surface area contributed by atoms with Crippen LogP contribution in [0.2, 0.25) is 0 Å². The first kappa shape index (κ1) is 14.7. The van der Waals surface area contributed by atoms with Crippen molar-refractivity contribution in [1.82, 2.24) is 0 Å². The lowest BCUT2D eigenvalue weighted by molar-refractivity contribution is -0.138. The number of aliphatic carboxylic acids is 1. The number of hydrogen-bond acceptors (Lipinski definition) is 4. The number of nitrogens with one attached hydrogen (secondary N) is 1. The molecular formula is C12H14N2O5. The van der Waals surface area contributed by atoms with E-state index in [0.29, 0.717) is 5.56 Å². The number of aromatic carboxylic acids is 1. The molecule has 0 spiro atoms. The molecule has 7 heteroatoms. The van der Waals surface area contributed by atoms with Crippen molar-refractivity contribution >= 4 is 23.5 Å². The van der Waals surface area contributed by atoms with Gasteiger partial charge in [-0.15, -0.1) is 0 Å². The molecule has 1 unspecified atom stereocenters. The van der Waals surface area contributed by atoms with E-state index in [4.69, 9.17) is 15.9 Å². The minimum Gasteiger partial charge on any atom is -0.481 e. The van der Waals surface area contributed by atoms with Gasteiger partial charge >= 0.3 is 11.9 Å². The zero-order chi connectivity index (χ0) is 14.6. The van der Waals surface area contributed by atoms with Gasteiger partial charge in [0.25, 0.3) is 0 Å². The van der Waals surface area contributed by atoms with Crippen molar-refractivity contribution in [2.45, 2.75) is 19.4 Å². The van der Waals surface area contributed by atoms with E-state index < -0.39 is 30.3 Å². The van der Waals surface area contributed by atoms with Gasteiger partial charge in [0, 0.05) is 5.69 Å². The topological polar surface area (TPSA) is 130 Å². The molecule has 5 N–H and O–H groups in total. The third kappa shape index (κ3) is 4.07. The number of aryl methyl sites for hydroxylation is 1. The average molecular weight is 266 g/mol.